The quantitative estimate of drug-likeness (QED) is 0.710. The SMILES string of the molecule is Cc1ccc2c(c1)C/C(=C/c1cccnc1)C2=O. The number of allylic oxidation sites excluding steroid dienone is 1. The number of benzene rings is 1. The molecule has 2 aromatic rings. The van der Waals surface area contributed by atoms with Crippen molar-refractivity contribution in [1.82, 2.24) is 4.98 Å². The third-order valence-corrected chi connectivity index (χ3v) is 3.20. The lowest BCUT2D eigenvalue weighted by Crippen LogP contribution is -1.95. The van der Waals surface area contributed by atoms with Gasteiger partial charge in [-0.2, -0.15) is 0 Å². The van der Waals surface area contributed by atoms with Crippen LogP contribution in [0.3, 0.4) is 0 Å². The third kappa shape index (κ3) is 1.86. The molecule has 0 spiro atoms. The predicted octanol–water partition coefficient (Wildman–Crippen LogP) is 3.21. The van der Waals surface area contributed by atoms with E-state index in [1.54, 1.807) is 12.4 Å². The molecule has 0 amide bonds. The molecule has 2 nitrogen and oxygen atoms in total. The van der Waals surface area contributed by atoms with Gasteiger partial charge in [-0.05, 0) is 30.2 Å². The molecule has 0 aliphatic heterocycles. The van der Waals surface area contributed by atoms with E-state index in [0.29, 0.717) is 0 Å². The summed E-state index contributed by atoms with van der Waals surface area (Å²) >= 11 is 0. The van der Waals surface area contributed by atoms with Crippen LogP contribution in [0.15, 0.2) is 48.3 Å². The Bertz CT molecular complexity index is 641. The Balaban J connectivity index is 2.00. The number of hydrogen-bond acceptors (Lipinski definition) is 2. The number of rotatable bonds is 1. The Hall–Kier alpha value is -2.22. The van der Waals surface area contributed by atoms with Crippen molar-refractivity contribution in [2.75, 3.05) is 0 Å². The fraction of sp³-hybridized carbons (Fsp3) is 0.125. The number of Topliss-reactive ketones (excluding diaryl/α,β-unsaturated/α-hetero) is 1. The van der Waals surface area contributed by atoms with E-state index in [9.17, 15) is 4.79 Å². The zero-order chi connectivity index (χ0) is 12.5. The van der Waals surface area contributed by atoms with Gasteiger partial charge in [0.05, 0.1) is 0 Å². The molecular weight excluding hydrogens is 222 g/mol. The summed E-state index contributed by atoms with van der Waals surface area (Å²) in [7, 11) is 0. The van der Waals surface area contributed by atoms with E-state index in [2.05, 4.69) is 11.1 Å². The monoisotopic (exact) mass is 235 g/mol. The molecule has 1 aromatic heterocycles. The van der Waals surface area contributed by atoms with E-state index >= 15 is 0 Å². The van der Waals surface area contributed by atoms with Crippen molar-refractivity contribution in [3.8, 4) is 0 Å². The lowest BCUT2D eigenvalue weighted by molar-refractivity contribution is 0.104. The van der Waals surface area contributed by atoms with Gasteiger partial charge in [0, 0.05) is 30.0 Å². The Morgan fingerprint density at radius 3 is 2.94 bits per heavy atom. The molecule has 0 unspecified atom stereocenters. The molecule has 3 rings (SSSR count). The average molecular weight is 235 g/mol. The van der Waals surface area contributed by atoms with Crippen molar-refractivity contribution in [3.05, 3.63) is 70.6 Å². The summed E-state index contributed by atoms with van der Waals surface area (Å²) in [5.41, 5.74) is 5.00. The Morgan fingerprint density at radius 1 is 1.28 bits per heavy atom. The number of ketones is 1. The topological polar surface area (TPSA) is 30.0 Å². The van der Waals surface area contributed by atoms with Gasteiger partial charge in [0.2, 0.25) is 0 Å². The molecule has 18 heavy (non-hydrogen) atoms. The van der Waals surface area contributed by atoms with E-state index in [0.717, 1.165) is 28.7 Å². The highest BCUT2D eigenvalue weighted by Gasteiger charge is 2.24. The maximum atomic E-state index is 12.2. The van der Waals surface area contributed by atoms with Crippen LogP contribution in [0.4, 0.5) is 0 Å². The van der Waals surface area contributed by atoms with Gasteiger partial charge < -0.3 is 0 Å². The third-order valence-electron chi connectivity index (χ3n) is 3.20. The number of hydrogen-bond donors (Lipinski definition) is 0. The number of aryl methyl sites for hydroxylation is 1. The van der Waals surface area contributed by atoms with Crippen LogP contribution in [0.1, 0.15) is 27.0 Å². The summed E-state index contributed by atoms with van der Waals surface area (Å²) < 4.78 is 0. The van der Waals surface area contributed by atoms with E-state index in [1.807, 2.05) is 37.3 Å². The number of carbonyl (C=O) groups excluding carboxylic acids is 1. The molecule has 1 aromatic carbocycles. The molecule has 2 heteroatoms. The van der Waals surface area contributed by atoms with Gasteiger partial charge in [-0.15, -0.1) is 0 Å². The number of aromatic nitrogens is 1. The maximum Gasteiger partial charge on any atom is 0.189 e. The Kier molecular flexibility index (Phi) is 2.56. The number of pyridine rings is 1. The number of nitrogens with zero attached hydrogens (tertiary/aromatic N) is 1. The fourth-order valence-electron chi connectivity index (χ4n) is 2.33. The van der Waals surface area contributed by atoms with E-state index < -0.39 is 0 Å². The van der Waals surface area contributed by atoms with E-state index in [4.69, 9.17) is 0 Å². The van der Waals surface area contributed by atoms with Crippen LogP contribution in [-0.2, 0) is 6.42 Å². The normalized spacial score (nSPS) is 16.1. The highest BCUT2D eigenvalue weighted by atomic mass is 16.1. The minimum atomic E-state index is 0.147. The van der Waals surface area contributed by atoms with Gasteiger partial charge in [-0.3, -0.25) is 9.78 Å². The summed E-state index contributed by atoms with van der Waals surface area (Å²) in [6.45, 7) is 2.05. The molecule has 1 aliphatic carbocycles. The molecule has 0 bridgehead atoms. The zero-order valence-electron chi connectivity index (χ0n) is 10.2. The van der Waals surface area contributed by atoms with Gasteiger partial charge in [-0.25, -0.2) is 0 Å². The first-order valence-corrected chi connectivity index (χ1v) is 5.99. The molecule has 1 aliphatic rings. The number of carbonyl (C=O) groups is 1. The molecule has 0 fully saturated rings. The number of fused-ring (bicyclic) bond motifs is 1. The summed E-state index contributed by atoms with van der Waals surface area (Å²) in [5, 5.41) is 0. The van der Waals surface area contributed by atoms with Crippen molar-refractivity contribution in [1.29, 1.82) is 0 Å². The molecule has 88 valence electrons. The Labute approximate surface area is 106 Å². The van der Waals surface area contributed by atoms with Crippen molar-refractivity contribution >= 4 is 11.9 Å². The van der Waals surface area contributed by atoms with Crippen LogP contribution < -0.4 is 0 Å². The summed E-state index contributed by atoms with van der Waals surface area (Å²) in [6.07, 6.45) is 6.17. The largest absolute Gasteiger partial charge is 0.289 e. The average Bonchev–Trinajstić information content (AvgIpc) is 2.67. The molecule has 0 saturated carbocycles. The predicted molar refractivity (Wildman–Crippen MR) is 71.4 cm³/mol. The minimum Gasteiger partial charge on any atom is -0.289 e. The van der Waals surface area contributed by atoms with Crippen molar-refractivity contribution in [2.24, 2.45) is 0 Å². The molecule has 0 N–H and O–H groups in total. The highest BCUT2D eigenvalue weighted by Crippen LogP contribution is 2.28. The van der Waals surface area contributed by atoms with Gasteiger partial charge in [-0.1, -0.05) is 29.8 Å². The standard InChI is InChI=1S/C16H13NO/c1-11-4-5-15-13(7-11)9-14(16(15)18)8-12-3-2-6-17-10-12/h2-8,10H,9H2,1H3/b14-8-. The van der Waals surface area contributed by atoms with E-state index in [-0.39, 0.29) is 5.78 Å². The van der Waals surface area contributed by atoms with Gasteiger partial charge in [0.15, 0.2) is 5.78 Å². The lowest BCUT2D eigenvalue weighted by atomic mass is 10.1. The first-order chi connectivity index (χ1) is 8.74. The van der Waals surface area contributed by atoms with Crippen LogP contribution in [0, 0.1) is 6.92 Å². The molecular formula is C16H13NO. The van der Waals surface area contributed by atoms with Crippen LogP contribution >= 0.6 is 0 Å². The van der Waals surface area contributed by atoms with Crippen LogP contribution in [0.25, 0.3) is 6.08 Å². The smallest absolute Gasteiger partial charge is 0.189 e. The first-order valence-electron chi connectivity index (χ1n) is 5.99. The van der Waals surface area contributed by atoms with Crippen LogP contribution in [-0.4, -0.2) is 10.8 Å². The van der Waals surface area contributed by atoms with Gasteiger partial charge >= 0.3 is 0 Å². The maximum absolute atomic E-state index is 12.2. The fourth-order valence-corrected chi connectivity index (χ4v) is 2.33. The van der Waals surface area contributed by atoms with E-state index in [1.165, 1.54) is 5.56 Å². The zero-order valence-corrected chi connectivity index (χ0v) is 10.2. The molecule has 0 radical (unpaired) electrons. The Morgan fingerprint density at radius 2 is 2.17 bits per heavy atom. The van der Waals surface area contributed by atoms with Gasteiger partial charge in [0.25, 0.3) is 0 Å². The summed E-state index contributed by atoms with van der Waals surface area (Å²) in [4.78, 5) is 16.3. The highest BCUT2D eigenvalue weighted by molar-refractivity contribution is 6.15. The minimum absolute atomic E-state index is 0.147. The van der Waals surface area contributed by atoms with Crippen molar-refractivity contribution in [2.45, 2.75) is 13.3 Å². The second kappa shape index (κ2) is 4.22. The molecule has 1 heterocycles. The molecule has 0 saturated heterocycles. The lowest BCUT2D eigenvalue weighted by Gasteiger charge is -1.96. The first kappa shape index (κ1) is 10.9. The second-order valence-electron chi connectivity index (χ2n) is 4.62. The summed E-state index contributed by atoms with van der Waals surface area (Å²) in [5.74, 6) is 0.147. The van der Waals surface area contributed by atoms with Crippen molar-refractivity contribution in [3.63, 3.8) is 0 Å². The van der Waals surface area contributed by atoms with Crippen LogP contribution in [0.5, 0.6) is 0 Å². The van der Waals surface area contributed by atoms with Gasteiger partial charge in [0.1, 0.15) is 0 Å². The second-order valence-corrected chi connectivity index (χ2v) is 4.62. The van der Waals surface area contributed by atoms with Crippen LogP contribution in [0.2, 0.25) is 0 Å². The summed E-state index contributed by atoms with van der Waals surface area (Å²) in [6, 6.07) is 9.85. The molecule has 0 atom stereocenters. The van der Waals surface area contributed by atoms with Crippen molar-refractivity contribution < 1.29 is 4.79 Å².